The minimum absolute atomic E-state index is 0.527. The number of rotatable bonds is 0. The quantitative estimate of drug-likeness (QED) is 0.525. The minimum Gasteiger partial charge on any atom is -0.384 e. The SMILES string of the molecule is OC1C=CC=c2ccc3c(c21)-c1ccc2ccccc2c1C=3. The average molecular weight is 282 g/mol. The highest BCUT2D eigenvalue weighted by Crippen LogP contribution is 2.36. The predicted molar refractivity (Wildman–Crippen MR) is 90.8 cm³/mol. The molecule has 104 valence electrons. The lowest BCUT2D eigenvalue weighted by molar-refractivity contribution is 0.227. The van der Waals surface area contributed by atoms with Crippen molar-refractivity contribution < 1.29 is 5.11 Å². The number of hydrogen-bond acceptors (Lipinski definition) is 1. The van der Waals surface area contributed by atoms with Gasteiger partial charge in [0.15, 0.2) is 0 Å². The van der Waals surface area contributed by atoms with Gasteiger partial charge in [0.1, 0.15) is 0 Å². The van der Waals surface area contributed by atoms with E-state index in [1.165, 1.54) is 32.7 Å². The Morgan fingerprint density at radius 3 is 2.68 bits per heavy atom. The molecular formula is C21H14O. The van der Waals surface area contributed by atoms with Crippen LogP contribution in [0.15, 0.2) is 60.7 Å². The Morgan fingerprint density at radius 1 is 0.864 bits per heavy atom. The number of hydrogen-bond donors (Lipinski definition) is 1. The van der Waals surface area contributed by atoms with Gasteiger partial charge >= 0.3 is 0 Å². The number of fused-ring (bicyclic) bond motifs is 7. The first kappa shape index (κ1) is 12.0. The second-order valence-electron chi connectivity index (χ2n) is 5.92. The lowest BCUT2D eigenvalue weighted by Crippen LogP contribution is -2.21. The molecule has 0 fully saturated rings. The van der Waals surface area contributed by atoms with Gasteiger partial charge in [-0.3, -0.25) is 0 Å². The minimum atomic E-state index is -0.527. The normalized spacial score (nSPS) is 17.4. The van der Waals surface area contributed by atoms with Crippen LogP contribution in [0, 0.1) is 0 Å². The van der Waals surface area contributed by atoms with E-state index < -0.39 is 6.10 Å². The second-order valence-corrected chi connectivity index (χ2v) is 5.92. The van der Waals surface area contributed by atoms with Gasteiger partial charge in [-0.15, -0.1) is 0 Å². The van der Waals surface area contributed by atoms with E-state index in [4.69, 9.17) is 0 Å². The van der Waals surface area contributed by atoms with Crippen LogP contribution in [0.2, 0.25) is 0 Å². The summed E-state index contributed by atoms with van der Waals surface area (Å²) < 4.78 is 0. The molecule has 0 saturated carbocycles. The molecule has 1 unspecified atom stereocenters. The highest BCUT2D eigenvalue weighted by Gasteiger charge is 2.22. The van der Waals surface area contributed by atoms with E-state index in [0.29, 0.717) is 0 Å². The average Bonchev–Trinajstić information content (AvgIpc) is 2.94. The lowest BCUT2D eigenvalue weighted by atomic mass is 9.91. The number of benzene rings is 3. The largest absolute Gasteiger partial charge is 0.384 e. The van der Waals surface area contributed by atoms with E-state index in [-0.39, 0.29) is 0 Å². The lowest BCUT2D eigenvalue weighted by Gasteiger charge is -2.16. The molecule has 0 spiro atoms. The summed E-state index contributed by atoms with van der Waals surface area (Å²) >= 11 is 0. The molecule has 0 aromatic heterocycles. The van der Waals surface area contributed by atoms with Gasteiger partial charge < -0.3 is 5.11 Å². The molecule has 0 saturated heterocycles. The Balaban J connectivity index is 1.94. The second kappa shape index (κ2) is 4.19. The summed E-state index contributed by atoms with van der Waals surface area (Å²) in [5.74, 6) is 0. The van der Waals surface area contributed by atoms with Crippen molar-refractivity contribution in [2.24, 2.45) is 0 Å². The molecule has 0 amide bonds. The van der Waals surface area contributed by atoms with Crippen LogP contribution in [-0.4, -0.2) is 5.11 Å². The molecule has 1 N–H and O–H groups in total. The summed E-state index contributed by atoms with van der Waals surface area (Å²) in [6.45, 7) is 0. The highest BCUT2D eigenvalue weighted by molar-refractivity contribution is 6.01. The van der Waals surface area contributed by atoms with Crippen molar-refractivity contribution in [3.63, 3.8) is 0 Å². The molecule has 0 bridgehead atoms. The molecule has 5 rings (SSSR count). The van der Waals surface area contributed by atoms with E-state index in [1.807, 2.05) is 12.2 Å². The van der Waals surface area contributed by atoms with Gasteiger partial charge in [0, 0.05) is 5.56 Å². The Kier molecular flexibility index (Phi) is 2.28. The number of aliphatic hydroxyl groups excluding tert-OH is 1. The molecule has 3 aromatic carbocycles. The van der Waals surface area contributed by atoms with E-state index in [1.54, 1.807) is 0 Å². The monoisotopic (exact) mass is 282 g/mol. The van der Waals surface area contributed by atoms with E-state index >= 15 is 0 Å². The van der Waals surface area contributed by atoms with Gasteiger partial charge in [-0.1, -0.05) is 66.8 Å². The fourth-order valence-corrected chi connectivity index (χ4v) is 3.72. The fraction of sp³-hybridized carbons (Fsp3) is 0.0476. The molecule has 0 radical (unpaired) electrons. The van der Waals surface area contributed by atoms with Crippen LogP contribution in [0.25, 0.3) is 34.1 Å². The Labute approximate surface area is 128 Å². The van der Waals surface area contributed by atoms with Crippen molar-refractivity contribution in [3.8, 4) is 11.1 Å². The zero-order valence-electron chi connectivity index (χ0n) is 12.0. The standard InChI is InChI=1S/C21H14O/c22-19-7-3-5-14-8-9-15-12-18-16-6-2-1-4-13(16)10-11-17(18)20(15)21(14)19/h1-12,19,22H. The van der Waals surface area contributed by atoms with Crippen molar-refractivity contribution in [2.45, 2.75) is 6.10 Å². The summed E-state index contributed by atoms with van der Waals surface area (Å²) in [5, 5.41) is 15.3. The first-order valence-corrected chi connectivity index (χ1v) is 7.56. The zero-order chi connectivity index (χ0) is 14.7. The maximum absolute atomic E-state index is 10.4. The van der Waals surface area contributed by atoms with Crippen LogP contribution >= 0.6 is 0 Å². The summed E-state index contributed by atoms with van der Waals surface area (Å²) in [4.78, 5) is 0. The zero-order valence-corrected chi connectivity index (χ0v) is 12.0. The first-order valence-electron chi connectivity index (χ1n) is 7.56. The van der Waals surface area contributed by atoms with Gasteiger partial charge in [-0.25, -0.2) is 0 Å². The molecule has 1 nitrogen and oxygen atoms in total. The van der Waals surface area contributed by atoms with E-state index in [9.17, 15) is 5.11 Å². The van der Waals surface area contributed by atoms with Crippen molar-refractivity contribution >= 4 is 22.9 Å². The molecule has 0 heterocycles. The fourth-order valence-electron chi connectivity index (χ4n) is 3.72. The van der Waals surface area contributed by atoms with E-state index in [2.05, 4.69) is 60.7 Å². The predicted octanol–water partition coefficient (Wildman–Crippen LogP) is 3.03. The molecular weight excluding hydrogens is 268 g/mol. The third-order valence-electron chi connectivity index (χ3n) is 4.72. The third-order valence-corrected chi connectivity index (χ3v) is 4.72. The van der Waals surface area contributed by atoms with Crippen LogP contribution in [-0.2, 0) is 0 Å². The highest BCUT2D eigenvalue weighted by atomic mass is 16.3. The number of allylic oxidation sites excluding steroid dienone is 1. The van der Waals surface area contributed by atoms with Crippen molar-refractivity contribution in [2.75, 3.05) is 0 Å². The van der Waals surface area contributed by atoms with Crippen molar-refractivity contribution in [1.29, 1.82) is 0 Å². The molecule has 2 aliphatic rings. The Bertz CT molecular complexity index is 1090. The summed E-state index contributed by atoms with van der Waals surface area (Å²) in [5.41, 5.74) is 4.72. The van der Waals surface area contributed by atoms with Gasteiger partial charge in [0.25, 0.3) is 0 Å². The van der Waals surface area contributed by atoms with Gasteiger partial charge in [0.2, 0.25) is 0 Å². The molecule has 1 heteroatoms. The van der Waals surface area contributed by atoms with E-state index in [0.717, 1.165) is 10.8 Å². The molecule has 3 aromatic rings. The maximum atomic E-state index is 10.4. The van der Waals surface area contributed by atoms with Crippen LogP contribution in [0.4, 0.5) is 0 Å². The van der Waals surface area contributed by atoms with Crippen molar-refractivity contribution in [1.82, 2.24) is 0 Å². The Morgan fingerprint density at radius 2 is 1.73 bits per heavy atom. The molecule has 1 atom stereocenters. The third kappa shape index (κ3) is 1.46. The Hall–Kier alpha value is -2.64. The van der Waals surface area contributed by atoms with Gasteiger partial charge in [-0.2, -0.15) is 0 Å². The smallest absolute Gasteiger partial charge is 0.0986 e. The van der Waals surface area contributed by atoms with Gasteiger partial charge in [-0.05, 0) is 44.0 Å². The van der Waals surface area contributed by atoms with Crippen LogP contribution in [0.5, 0.6) is 0 Å². The molecule has 0 aliphatic heterocycles. The first-order chi connectivity index (χ1) is 10.8. The molecule has 2 aliphatic carbocycles. The summed E-state index contributed by atoms with van der Waals surface area (Å²) in [7, 11) is 0. The summed E-state index contributed by atoms with van der Waals surface area (Å²) in [6, 6.07) is 17.1. The topological polar surface area (TPSA) is 20.2 Å². The summed E-state index contributed by atoms with van der Waals surface area (Å²) in [6.07, 6.45) is 7.57. The van der Waals surface area contributed by atoms with Gasteiger partial charge in [0.05, 0.1) is 6.10 Å². The number of aliphatic hydroxyl groups is 1. The van der Waals surface area contributed by atoms with Crippen LogP contribution < -0.4 is 10.4 Å². The maximum Gasteiger partial charge on any atom is 0.0986 e. The van der Waals surface area contributed by atoms with Crippen molar-refractivity contribution in [3.05, 3.63) is 82.2 Å². The van der Waals surface area contributed by atoms with Crippen LogP contribution in [0.1, 0.15) is 17.2 Å². The molecule has 22 heavy (non-hydrogen) atoms. The van der Waals surface area contributed by atoms with Crippen LogP contribution in [0.3, 0.4) is 0 Å².